The lowest BCUT2D eigenvalue weighted by Crippen LogP contribution is -2.15. The van der Waals surface area contributed by atoms with E-state index in [-0.39, 0.29) is 0 Å². The van der Waals surface area contributed by atoms with Crippen molar-refractivity contribution in [3.63, 3.8) is 0 Å². The molecule has 0 fully saturated rings. The molecule has 0 radical (unpaired) electrons. The van der Waals surface area contributed by atoms with Crippen molar-refractivity contribution >= 4 is 25.0 Å². The molecule has 0 aliphatic carbocycles. The molecular weight excluding hydrogens is 341 g/mol. The topological polar surface area (TPSA) is 47.6 Å². The third kappa shape index (κ3) is 4.87. The quantitative estimate of drug-likeness (QED) is 0.450. The van der Waals surface area contributed by atoms with Gasteiger partial charge >= 0.3 is 7.60 Å². The van der Waals surface area contributed by atoms with Gasteiger partial charge in [0.1, 0.15) is 0 Å². The standard InChI is InChI=1S/C18H24NO3PS/c1-4-21-23(20,22-5-2)18(19-16-9-7-6-8-10-16)15-11-13-17(24-3)14-12-15/h6-14,18-19H,4-5H2,1-3H3. The van der Waals surface area contributed by atoms with Crippen LogP contribution in [0.1, 0.15) is 25.2 Å². The first-order valence-corrected chi connectivity index (χ1v) is 10.8. The Balaban J connectivity index is 2.40. The maximum atomic E-state index is 13.4. The summed E-state index contributed by atoms with van der Waals surface area (Å²) in [5.74, 6) is -0.560. The van der Waals surface area contributed by atoms with Crippen LogP contribution in [0, 0.1) is 0 Å². The summed E-state index contributed by atoms with van der Waals surface area (Å²) in [6.45, 7) is 4.30. The summed E-state index contributed by atoms with van der Waals surface area (Å²) in [5.41, 5.74) is 1.75. The Kier molecular flexibility index (Phi) is 7.38. The Hall–Kier alpha value is -1.26. The van der Waals surface area contributed by atoms with Gasteiger partial charge in [-0.1, -0.05) is 30.3 Å². The summed E-state index contributed by atoms with van der Waals surface area (Å²) in [6.07, 6.45) is 2.03. The van der Waals surface area contributed by atoms with Gasteiger partial charge in [-0.25, -0.2) is 0 Å². The minimum Gasteiger partial charge on any atom is -0.368 e. The highest BCUT2D eigenvalue weighted by molar-refractivity contribution is 7.98. The lowest BCUT2D eigenvalue weighted by molar-refractivity contribution is 0.214. The molecule has 1 N–H and O–H groups in total. The Labute approximate surface area is 148 Å². The van der Waals surface area contributed by atoms with E-state index in [1.807, 2.05) is 74.7 Å². The predicted molar refractivity (Wildman–Crippen MR) is 102 cm³/mol. The molecule has 0 aliphatic rings. The number of hydrogen-bond donors (Lipinski definition) is 1. The molecule has 0 bridgehead atoms. The van der Waals surface area contributed by atoms with Crippen LogP contribution in [-0.2, 0) is 13.6 Å². The van der Waals surface area contributed by atoms with E-state index in [2.05, 4.69) is 5.32 Å². The van der Waals surface area contributed by atoms with Crippen LogP contribution in [0.3, 0.4) is 0 Å². The molecule has 6 heteroatoms. The molecule has 4 nitrogen and oxygen atoms in total. The van der Waals surface area contributed by atoms with E-state index in [0.29, 0.717) is 13.2 Å². The molecule has 0 aliphatic heterocycles. The van der Waals surface area contributed by atoms with Gasteiger partial charge in [-0.2, -0.15) is 0 Å². The van der Waals surface area contributed by atoms with E-state index in [0.717, 1.165) is 16.1 Å². The van der Waals surface area contributed by atoms with Gasteiger partial charge < -0.3 is 14.4 Å². The van der Waals surface area contributed by atoms with Crippen molar-refractivity contribution in [2.45, 2.75) is 24.5 Å². The van der Waals surface area contributed by atoms with Crippen molar-refractivity contribution in [1.29, 1.82) is 0 Å². The van der Waals surface area contributed by atoms with Crippen LogP contribution >= 0.6 is 19.4 Å². The summed E-state index contributed by atoms with van der Waals surface area (Å²) < 4.78 is 24.5. The highest BCUT2D eigenvalue weighted by atomic mass is 32.2. The second-order valence-electron chi connectivity index (χ2n) is 5.06. The molecule has 24 heavy (non-hydrogen) atoms. The fraction of sp³-hybridized carbons (Fsp3) is 0.333. The van der Waals surface area contributed by atoms with Gasteiger partial charge in [-0.05, 0) is 49.9 Å². The fourth-order valence-corrected chi connectivity index (χ4v) is 4.71. The first-order valence-electron chi connectivity index (χ1n) is 7.97. The molecule has 130 valence electrons. The van der Waals surface area contributed by atoms with Gasteiger partial charge in [0.05, 0.1) is 13.2 Å². The van der Waals surface area contributed by atoms with E-state index >= 15 is 0 Å². The molecule has 2 aromatic rings. The van der Waals surface area contributed by atoms with Gasteiger partial charge in [0.25, 0.3) is 0 Å². The number of rotatable bonds is 9. The van der Waals surface area contributed by atoms with Crippen LogP contribution in [0.5, 0.6) is 0 Å². The van der Waals surface area contributed by atoms with E-state index in [1.54, 1.807) is 11.8 Å². The smallest absolute Gasteiger partial charge is 0.357 e. The first-order chi connectivity index (χ1) is 11.6. The third-order valence-corrected chi connectivity index (χ3v) is 6.48. The summed E-state index contributed by atoms with van der Waals surface area (Å²) in [4.78, 5) is 1.15. The molecule has 0 spiro atoms. The zero-order valence-corrected chi connectivity index (χ0v) is 16.0. The van der Waals surface area contributed by atoms with Crippen molar-refractivity contribution < 1.29 is 13.6 Å². The Bertz CT molecular complexity index is 654. The van der Waals surface area contributed by atoms with Gasteiger partial charge in [-0.3, -0.25) is 4.57 Å². The summed E-state index contributed by atoms with van der Waals surface area (Å²) in [6, 6.07) is 17.7. The van der Waals surface area contributed by atoms with Gasteiger partial charge in [0, 0.05) is 10.6 Å². The monoisotopic (exact) mass is 365 g/mol. The van der Waals surface area contributed by atoms with E-state index in [9.17, 15) is 4.57 Å². The van der Waals surface area contributed by atoms with Crippen molar-refractivity contribution in [3.8, 4) is 0 Å². The molecule has 0 amide bonds. The molecule has 2 rings (SSSR count). The fourth-order valence-electron chi connectivity index (χ4n) is 2.37. The second-order valence-corrected chi connectivity index (χ2v) is 8.05. The Morgan fingerprint density at radius 3 is 2.08 bits per heavy atom. The van der Waals surface area contributed by atoms with E-state index in [1.165, 1.54) is 0 Å². The minimum absolute atomic E-state index is 0.327. The number of anilines is 1. The summed E-state index contributed by atoms with van der Waals surface area (Å²) in [5, 5.41) is 3.32. The molecular formula is C18H24NO3PS. The molecule has 2 aromatic carbocycles. The Morgan fingerprint density at radius 2 is 1.58 bits per heavy atom. The minimum atomic E-state index is -3.36. The van der Waals surface area contributed by atoms with Crippen LogP contribution < -0.4 is 5.32 Å². The van der Waals surface area contributed by atoms with Gasteiger partial charge in [0.15, 0.2) is 5.78 Å². The molecule has 0 heterocycles. The number of para-hydroxylation sites is 1. The third-order valence-electron chi connectivity index (χ3n) is 3.44. The average Bonchev–Trinajstić information content (AvgIpc) is 2.61. The lowest BCUT2D eigenvalue weighted by Gasteiger charge is -2.28. The number of hydrogen-bond acceptors (Lipinski definition) is 5. The van der Waals surface area contributed by atoms with Crippen molar-refractivity contribution in [2.75, 3.05) is 24.8 Å². The zero-order chi connectivity index (χ0) is 17.4. The molecule has 1 atom stereocenters. The van der Waals surface area contributed by atoms with E-state index in [4.69, 9.17) is 9.05 Å². The van der Waals surface area contributed by atoms with Gasteiger partial charge in [0.2, 0.25) is 0 Å². The first kappa shape index (κ1) is 19.1. The van der Waals surface area contributed by atoms with Crippen LogP contribution in [-0.4, -0.2) is 19.5 Å². The van der Waals surface area contributed by atoms with Crippen LogP contribution in [0.25, 0.3) is 0 Å². The summed E-state index contributed by atoms with van der Waals surface area (Å²) in [7, 11) is -3.36. The van der Waals surface area contributed by atoms with Gasteiger partial charge in [-0.15, -0.1) is 11.8 Å². The maximum Gasteiger partial charge on any atom is 0.357 e. The van der Waals surface area contributed by atoms with Crippen molar-refractivity contribution in [2.24, 2.45) is 0 Å². The van der Waals surface area contributed by atoms with Crippen LogP contribution in [0.4, 0.5) is 5.69 Å². The molecule has 1 unspecified atom stereocenters. The molecule has 0 saturated heterocycles. The number of nitrogens with one attached hydrogen (secondary N) is 1. The van der Waals surface area contributed by atoms with Crippen LogP contribution in [0.15, 0.2) is 59.5 Å². The summed E-state index contributed by atoms with van der Waals surface area (Å²) >= 11 is 1.67. The van der Waals surface area contributed by atoms with Crippen molar-refractivity contribution in [3.05, 3.63) is 60.2 Å². The average molecular weight is 365 g/mol. The Morgan fingerprint density at radius 1 is 1.00 bits per heavy atom. The number of benzene rings is 2. The SMILES string of the molecule is CCOP(=O)(OCC)C(Nc1ccccc1)c1ccc(SC)cc1. The van der Waals surface area contributed by atoms with E-state index < -0.39 is 13.4 Å². The molecule has 0 saturated carbocycles. The van der Waals surface area contributed by atoms with Crippen molar-refractivity contribution in [1.82, 2.24) is 0 Å². The highest BCUT2D eigenvalue weighted by Crippen LogP contribution is 2.60. The highest BCUT2D eigenvalue weighted by Gasteiger charge is 2.37. The maximum absolute atomic E-state index is 13.4. The predicted octanol–water partition coefficient (Wildman–Crippen LogP) is 5.79. The number of thioether (sulfide) groups is 1. The van der Waals surface area contributed by atoms with Crippen LogP contribution in [0.2, 0.25) is 0 Å². The second kappa shape index (κ2) is 9.28. The largest absolute Gasteiger partial charge is 0.368 e. The lowest BCUT2D eigenvalue weighted by atomic mass is 10.2. The zero-order valence-electron chi connectivity index (χ0n) is 14.3. The normalized spacial score (nSPS) is 12.8. The molecule has 0 aromatic heterocycles.